The van der Waals surface area contributed by atoms with E-state index in [1.807, 2.05) is 0 Å². The van der Waals surface area contributed by atoms with E-state index in [0.717, 1.165) is 11.8 Å². The summed E-state index contributed by atoms with van der Waals surface area (Å²) in [5.74, 6) is 1.68. The minimum absolute atomic E-state index is 0.534. The Kier molecular flexibility index (Phi) is 2.85. The fourth-order valence-electron chi connectivity index (χ4n) is 3.93. The molecule has 2 saturated carbocycles. The van der Waals surface area contributed by atoms with Crippen LogP contribution < -0.4 is 0 Å². The van der Waals surface area contributed by atoms with Crippen molar-refractivity contribution in [1.29, 1.82) is 0 Å². The van der Waals surface area contributed by atoms with Crippen LogP contribution in [0, 0.1) is 16.7 Å². The van der Waals surface area contributed by atoms with Crippen LogP contribution in [0.5, 0.6) is 0 Å². The number of hydrogen-bond acceptors (Lipinski definition) is 0. The number of halogens is 1. The van der Waals surface area contributed by atoms with Gasteiger partial charge in [0.2, 0.25) is 0 Å². The lowest BCUT2D eigenvalue weighted by molar-refractivity contribution is 0.285. The maximum atomic E-state index is 6.10. The lowest BCUT2D eigenvalue weighted by Crippen LogP contribution is -2.11. The molecule has 1 atom stereocenters. The van der Waals surface area contributed by atoms with Gasteiger partial charge in [-0.2, -0.15) is 0 Å². The third kappa shape index (κ3) is 1.41. The first kappa shape index (κ1) is 10.8. The van der Waals surface area contributed by atoms with Crippen LogP contribution in [0.4, 0.5) is 0 Å². The molecule has 0 amide bonds. The third-order valence-corrected chi connectivity index (χ3v) is 5.45. The molecule has 14 heavy (non-hydrogen) atoms. The Hall–Kier alpha value is 0.290. The molecule has 0 heterocycles. The van der Waals surface area contributed by atoms with E-state index in [9.17, 15) is 0 Å². The zero-order valence-electron chi connectivity index (χ0n) is 9.61. The Morgan fingerprint density at radius 3 is 1.93 bits per heavy atom. The van der Waals surface area contributed by atoms with Crippen molar-refractivity contribution in [1.82, 2.24) is 0 Å². The van der Waals surface area contributed by atoms with Crippen molar-refractivity contribution in [2.24, 2.45) is 16.7 Å². The smallest absolute Gasteiger partial charge is 0.0262 e. The van der Waals surface area contributed by atoms with Gasteiger partial charge >= 0.3 is 0 Å². The highest BCUT2D eigenvalue weighted by molar-refractivity contribution is 6.18. The second-order valence-electron chi connectivity index (χ2n) is 5.85. The van der Waals surface area contributed by atoms with E-state index in [-0.39, 0.29) is 0 Å². The molecule has 1 spiro atoms. The van der Waals surface area contributed by atoms with Gasteiger partial charge in [0.15, 0.2) is 0 Å². The molecule has 2 aliphatic rings. The second kappa shape index (κ2) is 3.70. The average Bonchev–Trinajstić information content (AvgIpc) is 2.55. The topological polar surface area (TPSA) is 0 Å². The maximum absolute atomic E-state index is 6.10. The number of hydrogen-bond donors (Lipinski definition) is 0. The van der Waals surface area contributed by atoms with Crippen molar-refractivity contribution in [2.45, 2.75) is 58.8 Å². The first-order chi connectivity index (χ1) is 6.65. The van der Waals surface area contributed by atoms with Crippen molar-refractivity contribution < 1.29 is 0 Å². The Bertz CT molecular complexity index is 199. The standard InChI is InChI=1S/C13H23Cl/c1-12(2)11(10-14)13(12)8-6-4-3-5-7-9-13/h11H,3-10H2,1-2H3. The lowest BCUT2D eigenvalue weighted by atomic mass is 9.82. The van der Waals surface area contributed by atoms with Crippen LogP contribution in [-0.4, -0.2) is 5.88 Å². The molecular formula is C13H23Cl. The van der Waals surface area contributed by atoms with Gasteiger partial charge in [-0.1, -0.05) is 46.0 Å². The molecule has 2 rings (SSSR count). The number of rotatable bonds is 1. The minimum atomic E-state index is 0.534. The SMILES string of the molecule is CC1(C)C(CCl)C12CCCCCCC2. The van der Waals surface area contributed by atoms with Crippen LogP contribution in [0.3, 0.4) is 0 Å². The molecule has 1 heteroatoms. The zero-order valence-corrected chi connectivity index (χ0v) is 10.4. The highest BCUT2D eigenvalue weighted by atomic mass is 35.5. The van der Waals surface area contributed by atoms with Gasteiger partial charge in [-0.15, -0.1) is 11.6 Å². The Balaban J connectivity index is 2.07. The molecule has 0 saturated heterocycles. The van der Waals surface area contributed by atoms with E-state index in [1.54, 1.807) is 0 Å². The lowest BCUT2D eigenvalue weighted by Gasteiger charge is -2.23. The first-order valence-corrected chi connectivity index (χ1v) is 6.74. The van der Waals surface area contributed by atoms with Gasteiger partial charge in [-0.05, 0) is 29.6 Å². The van der Waals surface area contributed by atoms with Gasteiger partial charge in [-0.25, -0.2) is 0 Å². The van der Waals surface area contributed by atoms with Gasteiger partial charge in [0, 0.05) is 5.88 Å². The summed E-state index contributed by atoms with van der Waals surface area (Å²) >= 11 is 6.10. The van der Waals surface area contributed by atoms with E-state index in [1.165, 1.54) is 44.9 Å². The summed E-state index contributed by atoms with van der Waals surface area (Å²) in [5.41, 5.74) is 1.17. The monoisotopic (exact) mass is 214 g/mol. The number of alkyl halides is 1. The first-order valence-electron chi connectivity index (χ1n) is 6.21. The Morgan fingerprint density at radius 2 is 1.50 bits per heavy atom. The highest BCUT2D eigenvalue weighted by Crippen LogP contribution is 2.74. The van der Waals surface area contributed by atoms with Crippen LogP contribution in [0.25, 0.3) is 0 Å². The van der Waals surface area contributed by atoms with Crippen LogP contribution >= 0.6 is 11.6 Å². The van der Waals surface area contributed by atoms with Crippen LogP contribution in [0.2, 0.25) is 0 Å². The maximum Gasteiger partial charge on any atom is 0.0262 e. The second-order valence-corrected chi connectivity index (χ2v) is 6.16. The Labute approximate surface area is 93.4 Å². The normalized spacial score (nSPS) is 34.9. The van der Waals surface area contributed by atoms with Crippen LogP contribution in [0.15, 0.2) is 0 Å². The quantitative estimate of drug-likeness (QED) is 0.560. The van der Waals surface area contributed by atoms with Crippen molar-refractivity contribution in [3.63, 3.8) is 0 Å². The van der Waals surface area contributed by atoms with Gasteiger partial charge < -0.3 is 0 Å². The summed E-state index contributed by atoms with van der Waals surface area (Å²) in [5, 5.41) is 0. The van der Waals surface area contributed by atoms with Crippen LogP contribution in [-0.2, 0) is 0 Å². The van der Waals surface area contributed by atoms with E-state index in [2.05, 4.69) is 13.8 Å². The molecule has 0 aliphatic heterocycles. The average molecular weight is 215 g/mol. The summed E-state index contributed by atoms with van der Waals surface area (Å²) < 4.78 is 0. The van der Waals surface area contributed by atoms with Crippen molar-refractivity contribution in [2.75, 3.05) is 5.88 Å². The zero-order chi connectivity index (χ0) is 10.2. The van der Waals surface area contributed by atoms with Crippen molar-refractivity contribution in [3.8, 4) is 0 Å². The summed E-state index contributed by atoms with van der Waals surface area (Å²) in [6, 6.07) is 0. The molecule has 1 unspecified atom stereocenters. The molecule has 0 radical (unpaired) electrons. The highest BCUT2D eigenvalue weighted by Gasteiger charge is 2.68. The van der Waals surface area contributed by atoms with E-state index < -0.39 is 0 Å². The van der Waals surface area contributed by atoms with Crippen molar-refractivity contribution in [3.05, 3.63) is 0 Å². The summed E-state index contributed by atoms with van der Waals surface area (Å²) in [6.45, 7) is 4.86. The molecule has 0 aromatic carbocycles. The van der Waals surface area contributed by atoms with Gasteiger partial charge in [0.1, 0.15) is 0 Å². The Morgan fingerprint density at radius 1 is 1.00 bits per heavy atom. The van der Waals surface area contributed by atoms with Gasteiger partial charge in [0.25, 0.3) is 0 Å². The van der Waals surface area contributed by atoms with Gasteiger partial charge in [0.05, 0.1) is 0 Å². The molecule has 0 N–H and O–H groups in total. The summed E-state index contributed by atoms with van der Waals surface area (Å²) in [4.78, 5) is 0. The van der Waals surface area contributed by atoms with E-state index in [0.29, 0.717) is 10.8 Å². The molecule has 0 aromatic rings. The van der Waals surface area contributed by atoms with E-state index in [4.69, 9.17) is 11.6 Å². The molecule has 2 aliphatic carbocycles. The third-order valence-electron chi connectivity index (χ3n) is 5.14. The van der Waals surface area contributed by atoms with Gasteiger partial charge in [-0.3, -0.25) is 0 Å². The molecule has 0 nitrogen and oxygen atoms in total. The fraction of sp³-hybridized carbons (Fsp3) is 1.00. The molecular weight excluding hydrogens is 192 g/mol. The van der Waals surface area contributed by atoms with Crippen LogP contribution in [0.1, 0.15) is 58.8 Å². The predicted molar refractivity (Wildman–Crippen MR) is 62.7 cm³/mol. The minimum Gasteiger partial charge on any atom is -0.126 e. The largest absolute Gasteiger partial charge is 0.126 e. The van der Waals surface area contributed by atoms with E-state index >= 15 is 0 Å². The molecule has 2 fully saturated rings. The molecule has 82 valence electrons. The molecule has 0 bridgehead atoms. The predicted octanol–water partition coefficient (Wildman–Crippen LogP) is 4.61. The van der Waals surface area contributed by atoms with Crippen molar-refractivity contribution >= 4 is 11.6 Å². The summed E-state index contributed by atoms with van der Waals surface area (Å²) in [7, 11) is 0. The molecule has 0 aromatic heterocycles. The summed E-state index contributed by atoms with van der Waals surface area (Å²) in [6.07, 6.45) is 10.1. The fourth-order valence-corrected chi connectivity index (χ4v) is 4.61.